The Morgan fingerprint density at radius 2 is 2.04 bits per heavy atom. The molecule has 10 heteroatoms. The average Bonchev–Trinajstić information content (AvgIpc) is 3.14. The molecule has 2 fully saturated rings. The molecule has 0 aromatic heterocycles. The number of fused-ring (bicyclic) bond motifs is 1. The number of rotatable bonds is 10. The van der Waals surface area contributed by atoms with Crippen molar-refractivity contribution in [2.24, 2.45) is 5.73 Å². The first-order chi connectivity index (χ1) is 12.0. The zero-order valence-electron chi connectivity index (χ0n) is 14.1. The number of nitrogens with two attached hydrogens (primary N) is 1. The van der Waals surface area contributed by atoms with Gasteiger partial charge in [-0.1, -0.05) is 6.42 Å². The van der Waals surface area contributed by atoms with Crippen molar-refractivity contribution >= 4 is 42.2 Å². The number of unbranched alkanes of at least 4 members (excludes halogenated alkanes) is 1. The van der Waals surface area contributed by atoms with E-state index in [-0.39, 0.29) is 29.9 Å². The first-order valence-electron chi connectivity index (χ1n) is 8.60. The van der Waals surface area contributed by atoms with Gasteiger partial charge in [0.2, 0.25) is 11.8 Å². The van der Waals surface area contributed by atoms with Gasteiger partial charge in [-0.05, 0) is 12.8 Å². The first-order valence-corrected chi connectivity index (χ1v) is 10.3. The largest absolute Gasteiger partial charge is 0.354 e. The summed E-state index contributed by atoms with van der Waals surface area (Å²) in [7, 11) is 0. The van der Waals surface area contributed by atoms with Gasteiger partial charge < -0.3 is 27.0 Å². The van der Waals surface area contributed by atoms with Crippen molar-refractivity contribution in [1.82, 2.24) is 21.3 Å². The van der Waals surface area contributed by atoms with Gasteiger partial charge in [0, 0.05) is 36.3 Å². The fourth-order valence-electron chi connectivity index (χ4n) is 2.96. The molecule has 2 rings (SSSR count). The van der Waals surface area contributed by atoms with Gasteiger partial charge in [-0.15, -0.1) is 0 Å². The molecule has 0 spiro atoms. The van der Waals surface area contributed by atoms with Crippen LogP contribution in [0.25, 0.3) is 0 Å². The van der Waals surface area contributed by atoms with E-state index in [1.54, 1.807) is 0 Å². The maximum Gasteiger partial charge on any atom is 0.315 e. The fraction of sp³-hybridized carbons (Fsp3) is 0.800. The van der Waals surface area contributed by atoms with Crippen molar-refractivity contribution in [3.05, 3.63) is 0 Å². The molecular formula is C15H27N5O3S2. The van der Waals surface area contributed by atoms with E-state index in [0.29, 0.717) is 30.5 Å². The van der Waals surface area contributed by atoms with E-state index in [4.69, 9.17) is 5.73 Å². The number of thioether (sulfide) groups is 1. The molecule has 2 saturated heterocycles. The highest BCUT2D eigenvalue weighted by atomic mass is 32.2. The second kappa shape index (κ2) is 10.1. The van der Waals surface area contributed by atoms with E-state index in [9.17, 15) is 14.4 Å². The van der Waals surface area contributed by atoms with Crippen LogP contribution in [-0.2, 0) is 9.59 Å². The normalized spacial score (nSPS) is 25.7. The lowest BCUT2D eigenvalue weighted by atomic mass is 10.0. The number of nitrogens with one attached hydrogen (secondary N) is 4. The highest BCUT2D eigenvalue weighted by Crippen LogP contribution is 2.33. The molecule has 25 heavy (non-hydrogen) atoms. The molecule has 2 unspecified atom stereocenters. The van der Waals surface area contributed by atoms with E-state index < -0.39 is 6.04 Å². The van der Waals surface area contributed by atoms with Gasteiger partial charge in [0.1, 0.15) is 0 Å². The Hall–Kier alpha value is -1.13. The Labute approximate surface area is 157 Å². The van der Waals surface area contributed by atoms with Crippen LogP contribution in [-0.4, -0.2) is 65.8 Å². The Kier molecular flexibility index (Phi) is 8.17. The topological polar surface area (TPSA) is 125 Å². The smallest absolute Gasteiger partial charge is 0.315 e. The van der Waals surface area contributed by atoms with Crippen LogP contribution in [0, 0.1) is 0 Å². The van der Waals surface area contributed by atoms with Crippen molar-refractivity contribution < 1.29 is 14.4 Å². The summed E-state index contributed by atoms with van der Waals surface area (Å²) in [4.78, 5) is 34.5. The fourth-order valence-corrected chi connectivity index (χ4v) is 4.67. The molecule has 2 aliphatic heterocycles. The maximum atomic E-state index is 11.8. The van der Waals surface area contributed by atoms with Crippen LogP contribution in [0.4, 0.5) is 4.79 Å². The summed E-state index contributed by atoms with van der Waals surface area (Å²) < 4.78 is 0. The number of hydrogen-bond acceptors (Lipinski definition) is 6. The Morgan fingerprint density at radius 3 is 2.80 bits per heavy atom. The first kappa shape index (κ1) is 20.2. The lowest BCUT2D eigenvalue weighted by molar-refractivity contribution is -0.123. The zero-order chi connectivity index (χ0) is 18.2. The molecule has 0 radical (unpaired) electrons. The molecule has 0 aliphatic carbocycles. The Bertz CT molecular complexity index is 494. The zero-order valence-corrected chi connectivity index (χ0v) is 15.8. The highest BCUT2D eigenvalue weighted by Gasteiger charge is 2.42. The maximum absolute atomic E-state index is 11.8. The van der Waals surface area contributed by atoms with Gasteiger partial charge >= 0.3 is 6.03 Å². The molecule has 0 aromatic rings. The van der Waals surface area contributed by atoms with Crippen LogP contribution in [0.5, 0.6) is 0 Å². The molecule has 0 saturated carbocycles. The molecule has 142 valence electrons. The van der Waals surface area contributed by atoms with E-state index >= 15 is 0 Å². The predicted molar refractivity (Wildman–Crippen MR) is 102 cm³/mol. The summed E-state index contributed by atoms with van der Waals surface area (Å²) in [6.07, 6.45) is 3.25. The number of thiol groups is 1. The minimum absolute atomic E-state index is 0.0134. The molecular weight excluding hydrogens is 362 g/mol. The standard InChI is InChI=1S/C15H27N5O3S2/c16-9(7-24)14(22)18-6-5-17-12(21)4-2-1-3-11-13-10(8-25-11)19-15(23)20-13/h9-11,13,24H,1-8,16H2,(H,17,21)(H,18,22)(H2,19,20,23)/t9-,10?,11-,13?/m0/s1. The molecule has 6 N–H and O–H groups in total. The quantitative estimate of drug-likeness (QED) is 0.166. The van der Waals surface area contributed by atoms with Crippen molar-refractivity contribution in [2.45, 2.75) is 49.1 Å². The van der Waals surface area contributed by atoms with Gasteiger partial charge in [0.05, 0.1) is 18.1 Å². The number of hydrogen-bond donors (Lipinski definition) is 6. The third-order valence-electron chi connectivity index (χ3n) is 4.36. The van der Waals surface area contributed by atoms with Crippen LogP contribution >= 0.6 is 24.4 Å². The van der Waals surface area contributed by atoms with Crippen LogP contribution in [0.2, 0.25) is 0 Å². The molecule has 8 nitrogen and oxygen atoms in total. The molecule has 4 atom stereocenters. The third kappa shape index (κ3) is 6.27. The molecule has 2 heterocycles. The SMILES string of the molecule is N[C@@H](CS)C(=O)NCCNC(=O)CCCC[C@@H]1SCC2NC(=O)NC21. The predicted octanol–water partition coefficient (Wildman–Crippen LogP) is -0.798. The molecule has 4 amide bonds. The van der Waals surface area contributed by atoms with Crippen LogP contribution in [0.3, 0.4) is 0 Å². The molecule has 2 aliphatic rings. The molecule has 0 bridgehead atoms. The minimum Gasteiger partial charge on any atom is -0.354 e. The third-order valence-corrected chi connectivity index (χ3v) is 6.26. The summed E-state index contributed by atoms with van der Waals surface area (Å²) in [6, 6.07) is -0.218. The Balaban J connectivity index is 1.49. The van der Waals surface area contributed by atoms with E-state index in [1.807, 2.05) is 11.8 Å². The summed E-state index contributed by atoms with van der Waals surface area (Å²) >= 11 is 5.84. The van der Waals surface area contributed by atoms with Crippen LogP contribution in [0.1, 0.15) is 25.7 Å². The summed E-state index contributed by atoms with van der Waals surface area (Å²) in [6.45, 7) is 0.754. The van der Waals surface area contributed by atoms with Gasteiger partial charge in [-0.2, -0.15) is 24.4 Å². The summed E-state index contributed by atoms with van der Waals surface area (Å²) in [5.41, 5.74) is 5.53. The van der Waals surface area contributed by atoms with Crippen molar-refractivity contribution in [3.63, 3.8) is 0 Å². The summed E-state index contributed by atoms with van der Waals surface area (Å²) in [5, 5.41) is 11.8. The van der Waals surface area contributed by atoms with Gasteiger partial charge in [0.15, 0.2) is 0 Å². The minimum atomic E-state index is -0.619. The van der Waals surface area contributed by atoms with E-state index in [1.165, 1.54) is 0 Å². The highest BCUT2D eigenvalue weighted by molar-refractivity contribution is 8.00. The van der Waals surface area contributed by atoms with E-state index in [0.717, 1.165) is 25.0 Å². The van der Waals surface area contributed by atoms with Crippen molar-refractivity contribution in [3.8, 4) is 0 Å². The molecule has 0 aromatic carbocycles. The van der Waals surface area contributed by atoms with Crippen LogP contribution in [0.15, 0.2) is 0 Å². The van der Waals surface area contributed by atoms with Gasteiger partial charge in [-0.3, -0.25) is 9.59 Å². The number of amides is 4. The second-order valence-electron chi connectivity index (χ2n) is 6.30. The lowest BCUT2D eigenvalue weighted by Gasteiger charge is -2.16. The second-order valence-corrected chi connectivity index (χ2v) is 7.94. The number of carbonyl (C=O) groups excluding carboxylic acids is 3. The lowest BCUT2D eigenvalue weighted by Crippen LogP contribution is -2.44. The number of carbonyl (C=O) groups is 3. The van der Waals surface area contributed by atoms with Crippen LogP contribution < -0.4 is 27.0 Å². The van der Waals surface area contributed by atoms with Crippen molar-refractivity contribution in [2.75, 3.05) is 24.6 Å². The van der Waals surface area contributed by atoms with E-state index in [2.05, 4.69) is 33.9 Å². The summed E-state index contributed by atoms with van der Waals surface area (Å²) in [5.74, 6) is 0.973. The Morgan fingerprint density at radius 1 is 1.28 bits per heavy atom. The average molecular weight is 390 g/mol. The number of urea groups is 1. The van der Waals surface area contributed by atoms with Gasteiger partial charge in [0.25, 0.3) is 0 Å². The monoisotopic (exact) mass is 389 g/mol. The van der Waals surface area contributed by atoms with Gasteiger partial charge in [-0.25, -0.2) is 4.79 Å². The van der Waals surface area contributed by atoms with Crippen molar-refractivity contribution in [1.29, 1.82) is 0 Å².